The van der Waals surface area contributed by atoms with Gasteiger partial charge in [0, 0.05) is 51.1 Å². The highest BCUT2D eigenvalue weighted by Crippen LogP contribution is 2.38. The third kappa shape index (κ3) is 8.58. The molecule has 1 saturated heterocycles. The molecule has 9 nitrogen and oxygen atoms in total. The summed E-state index contributed by atoms with van der Waals surface area (Å²) in [4.78, 5) is 26.6. The third-order valence-corrected chi connectivity index (χ3v) is 6.39. The van der Waals surface area contributed by atoms with Crippen LogP contribution in [-0.4, -0.2) is 87.4 Å². The second-order valence-electron chi connectivity index (χ2n) is 8.90. The fourth-order valence-electron chi connectivity index (χ4n) is 4.60. The predicted octanol–water partition coefficient (Wildman–Crippen LogP) is 2.21. The van der Waals surface area contributed by atoms with Crippen LogP contribution >= 0.6 is 0 Å². The Hall–Kier alpha value is -2.46. The second-order valence-corrected chi connectivity index (χ2v) is 8.90. The molecule has 2 N–H and O–H groups in total. The number of nitrogens with one attached hydrogen (secondary N) is 1. The summed E-state index contributed by atoms with van der Waals surface area (Å²) in [6.45, 7) is 5.94. The Bertz CT molecular complexity index is 833. The van der Waals surface area contributed by atoms with E-state index in [9.17, 15) is 9.59 Å². The van der Waals surface area contributed by atoms with E-state index in [1.54, 1.807) is 0 Å². The van der Waals surface area contributed by atoms with Crippen LogP contribution in [0.3, 0.4) is 0 Å². The van der Waals surface area contributed by atoms with Crippen molar-refractivity contribution in [2.24, 2.45) is 5.92 Å². The number of nitrogens with zero attached hydrogens (tertiary/aromatic N) is 1. The minimum atomic E-state index is -0.581. The number of hydrogen-bond donors (Lipinski definition) is 2. The number of amides is 2. The summed E-state index contributed by atoms with van der Waals surface area (Å²) in [5.74, 6) is 0.0630. The Kier molecular flexibility index (Phi) is 12.2. The maximum absolute atomic E-state index is 13.0. The SMILES string of the molecule is CCO[C@H]1OC(C(=O)NCCCN2CCCC2=O)=C[C@@H](c2ccccc2)[C@@H]1CCOCCOCCO. The molecule has 2 heterocycles. The summed E-state index contributed by atoms with van der Waals surface area (Å²) in [7, 11) is 0. The van der Waals surface area contributed by atoms with Crippen molar-refractivity contribution < 1.29 is 33.6 Å². The average molecular weight is 505 g/mol. The number of likely N-dealkylation sites (tertiary alicyclic amines) is 1. The van der Waals surface area contributed by atoms with Gasteiger partial charge in [-0.1, -0.05) is 30.3 Å². The molecule has 0 bridgehead atoms. The van der Waals surface area contributed by atoms with Gasteiger partial charge in [0.1, 0.15) is 0 Å². The lowest BCUT2D eigenvalue weighted by atomic mass is 9.81. The van der Waals surface area contributed by atoms with E-state index in [1.807, 2.05) is 36.1 Å². The standard InChI is InChI=1S/C27H40N2O7/c1-2-35-27-22(11-16-33-18-19-34-17-15-30)23(21-8-4-3-5-9-21)20-24(36-27)26(32)28-12-7-14-29-13-6-10-25(29)31/h3-5,8-9,20,22-23,27,30H,2,6-7,10-19H2,1H3,(H,28,32)/t22-,23-,27-/m0/s1. The van der Waals surface area contributed by atoms with Crippen LogP contribution in [0.5, 0.6) is 0 Å². The number of benzene rings is 1. The zero-order valence-electron chi connectivity index (χ0n) is 21.2. The smallest absolute Gasteiger partial charge is 0.286 e. The fourth-order valence-corrected chi connectivity index (χ4v) is 4.60. The zero-order chi connectivity index (χ0) is 25.6. The van der Waals surface area contributed by atoms with E-state index in [0.717, 1.165) is 18.5 Å². The van der Waals surface area contributed by atoms with Crippen LogP contribution in [0.2, 0.25) is 0 Å². The van der Waals surface area contributed by atoms with Gasteiger partial charge in [-0.2, -0.15) is 0 Å². The molecule has 1 aromatic rings. The molecule has 0 unspecified atom stereocenters. The first-order valence-electron chi connectivity index (χ1n) is 13.0. The zero-order valence-corrected chi connectivity index (χ0v) is 21.2. The Morgan fingerprint density at radius 1 is 1.17 bits per heavy atom. The quantitative estimate of drug-likeness (QED) is 0.333. The number of carbonyl (C=O) groups is 2. The number of rotatable bonds is 16. The predicted molar refractivity (Wildman–Crippen MR) is 134 cm³/mol. The molecule has 1 fully saturated rings. The van der Waals surface area contributed by atoms with Gasteiger partial charge in [0.05, 0.1) is 26.4 Å². The largest absolute Gasteiger partial charge is 0.459 e. The topological polar surface area (TPSA) is 107 Å². The minimum absolute atomic E-state index is 0.00539. The third-order valence-electron chi connectivity index (χ3n) is 6.39. The van der Waals surface area contributed by atoms with Crippen LogP contribution in [0.1, 0.15) is 44.1 Å². The molecular formula is C27H40N2O7. The Morgan fingerprint density at radius 3 is 2.64 bits per heavy atom. The summed E-state index contributed by atoms with van der Waals surface area (Å²) in [5, 5.41) is 11.7. The summed E-state index contributed by atoms with van der Waals surface area (Å²) >= 11 is 0. The molecule has 0 aromatic heterocycles. The molecule has 9 heteroatoms. The fraction of sp³-hybridized carbons (Fsp3) is 0.630. The van der Waals surface area contributed by atoms with Gasteiger partial charge < -0.3 is 34.3 Å². The lowest BCUT2D eigenvalue weighted by Gasteiger charge is -2.37. The van der Waals surface area contributed by atoms with Crippen molar-refractivity contribution >= 4 is 11.8 Å². The molecule has 2 aliphatic rings. The van der Waals surface area contributed by atoms with Gasteiger partial charge in [-0.25, -0.2) is 0 Å². The number of aliphatic hydroxyl groups excluding tert-OH is 1. The molecule has 3 atom stereocenters. The van der Waals surface area contributed by atoms with Gasteiger partial charge in [-0.15, -0.1) is 0 Å². The van der Waals surface area contributed by atoms with Crippen LogP contribution in [0.25, 0.3) is 0 Å². The van der Waals surface area contributed by atoms with Crippen molar-refractivity contribution in [2.75, 3.05) is 59.3 Å². The lowest BCUT2D eigenvalue weighted by Crippen LogP contribution is -2.40. The van der Waals surface area contributed by atoms with Gasteiger partial charge in [0.2, 0.25) is 12.2 Å². The van der Waals surface area contributed by atoms with Crippen molar-refractivity contribution in [3.63, 3.8) is 0 Å². The van der Waals surface area contributed by atoms with Crippen molar-refractivity contribution in [3.05, 3.63) is 47.7 Å². The Balaban J connectivity index is 1.61. The van der Waals surface area contributed by atoms with E-state index in [2.05, 4.69) is 17.4 Å². The highest BCUT2D eigenvalue weighted by molar-refractivity contribution is 5.91. The maximum atomic E-state index is 13.0. The van der Waals surface area contributed by atoms with Crippen molar-refractivity contribution in [1.29, 1.82) is 0 Å². The van der Waals surface area contributed by atoms with Gasteiger partial charge in [-0.05, 0) is 37.8 Å². The molecule has 0 radical (unpaired) electrons. The maximum Gasteiger partial charge on any atom is 0.286 e. The van der Waals surface area contributed by atoms with Crippen molar-refractivity contribution in [1.82, 2.24) is 10.2 Å². The number of hydrogen-bond acceptors (Lipinski definition) is 7. The average Bonchev–Trinajstić information content (AvgIpc) is 3.31. The van der Waals surface area contributed by atoms with Gasteiger partial charge in [0.15, 0.2) is 5.76 Å². The molecular weight excluding hydrogens is 464 g/mol. The molecule has 1 aromatic carbocycles. The first-order chi connectivity index (χ1) is 17.6. The molecule has 3 rings (SSSR count). The van der Waals surface area contributed by atoms with E-state index in [4.69, 9.17) is 24.1 Å². The summed E-state index contributed by atoms with van der Waals surface area (Å²) in [6.07, 6.45) is 4.22. The van der Waals surface area contributed by atoms with Crippen LogP contribution < -0.4 is 5.32 Å². The highest BCUT2D eigenvalue weighted by atomic mass is 16.7. The second kappa shape index (κ2) is 15.6. The van der Waals surface area contributed by atoms with E-state index in [0.29, 0.717) is 65.4 Å². The highest BCUT2D eigenvalue weighted by Gasteiger charge is 2.38. The molecule has 2 amide bonds. The van der Waals surface area contributed by atoms with Gasteiger partial charge >= 0.3 is 0 Å². The first kappa shape index (κ1) is 28.1. The van der Waals surface area contributed by atoms with E-state index >= 15 is 0 Å². The van der Waals surface area contributed by atoms with Crippen molar-refractivity contribution in [2.45, 2.75) is 44.8 Å². The molecule has 0 spiro atoms. The van der Waals surface area contributed by atoms with E-state index in [1.165, 1.54) is 0 Å². The molecule has 0 aliphatic carbocycles. The lowest BCUT2D eigenvalue weighted by molar-refractivity contribution is -0.168. The van der Waals surface area contributed by atoms with Crippen LogP contribution in [0.15, 0.2) is 42.2 Å². The van der Waals surface area contributed by atoms with Crippen LogP contribution in [-0.2, 0) is 28.5 Å². The van der Waals surface area contributed by atoms with Gasteiger partial charge in [-0.3, -0.25) is 9.59 Å². The van der Waals surface area contributed by atoms with E-state index < -0.39 is 6.29 Å². The summed E-state index contributed by atoms with van der Waals surface area (Å²) in [6, 6.07) is 10.0. The minimum Gasteiger partial charge on any atom is -0.459 e. The first-order valence-corrected chi connectivity index (χ1v) is 13.0. The normalized spacial score (nSPS) is 21.8. The van der Waals surface area contributed by atoms with Crippen LogP contribution in [0, 0.1) is 5.92 Å². The van der Waals surface area contributed by atoms with E-state index in [-0.39, 0.29) is 36.0 Å². The van der Waals surface area contributed by atoms with Crippen molar-refractivity contribution in [3.8, 4) is 0 Å². The monoisotopic (exact) mass is 504 g/mol. The number of ether oxygens (including phenoxy) is 4. The Morgan fingerprint density at radius 2 is 1.94 bits per heavy atom. The molecule has 2 aliphatic heterocycles. The molecule has 36 heavy (non-hydrogen) atoms. The number of aliphatic hydroxyl groups is 1. The summed E-state index contributed by atoms with van der Waals surface area (Å²) in [5.41, 5.74) is 1.08. The Labute approximate surface area is 213 Å². The number of carbonyl (C=O) groups excluding carboxylic acids is 2. The molecule has 0 saturated carbocycles. The molecule has 200 valence electrons. The van der Waals surface area contributed by atoms with Gasteiger partial charge in [0.25, 0.3) is 5.91 Å². The van der Waals surface area contributed by atoms with Crippen LogP contribution in [0.4, 0.5) is 0 Å². The number of allylic oxidation sites excluding steroid dienone is 1. The summed E-state index contributed by atoms with van der Waals surface area (Å²) < 4.78 is 23.0.